The van der Waals surface area contributed by atoms with E-state index in [1.165, 1.54) is 5.69 Å². The molecule has 2 heterocycles. The number of guanidine groups is 1. The van der Waals surface area contributed by atoms with Crippen molar-refractivity contribution in [1.82, 2.24) is 10.6 Å². The molecule has 28 heavy (non-hydrogen) atoms. The van der Waals surface area contributed by atoms with Crippen molar-refractivity contribution in [3.05, 3.63) is 28.7 Å². The van der Waals surface area contributed by atoms with Crippen molar-refractivity contribution in [3.8, 4) is 0 Å². The van der Waals surface area contributed by atoms with Crippen LogP contribution in [0.15, 0.2) is 33.7 Å². The predicted octanol–water partition coefficient (Wildman–Crippen LogP) is 3.40. The van der Waals surface area contributed by atoms with Gasteiger partial charge in [-0.3, -0.25) is 4.99 Å². The molecule has 2 aliphatic heterocycles. The van der Waals surface area contributed by atoms with E-state index in [9.17, 15) is 0 Å². The maximum absolute atomic E-state index is 5.70. The van der Waals surface area contributed by atoms with E-state index >= 15 is 0 Å². The molecule has 2 saturated heterocycles. The molecule has 0 spiro atoms. The maximum atomic E-state index is 5.70. The molecule has 0 aliphatic carbocycles. The second kappa shape index (κ2) is 12.9. The first-order chi connectivity index (χ1) is 13.3. The molecule has 0 radical (unpaired) electrons. The lowest BCUT2D eigenvalue weighted by atomic mass is 10.2. The molecule has 0 amide bonds. The van der Waals surface area contributed by atoms with Crippen molar-refractivity contribution >= 4 is 51.6 Å². The molecule has 0 bridgehead atoms. The lowest BCUT2D eigenvalue weighted by Gasteiger charge is -2.21. The summed E-state index contributed by atoms with van der Waals surface area (Å²) in [5.41, 5.74) is 1.26. The molecule has 2 N–H and O–H groups in total. The molecule has 3 rings (SSSR count). The molecule has 0 aromatic heterocycles. The van der Waals surface area contributed by atoms with Gasteiger partial charge in [-0.15, -0.1) is 24.0 Å². The Morgan fingerprint density at radius 1 is 1.36 bits per heavy atom. The molecule has 2 atom stereocenters. The number of nitrogens with zero attached hydrogens (tertiary/aromatic N) is 2. The van der Waals surface area contributed by atoms with Crippen molar-refractivity contribution in [3.63, 3.8) is 0 Å². The van der Waals surface area contributed by atoms with Crippen LogP contribution in [0.1, 0.15) is 25.7 Å². The summed E-state index contributed by atoms with van der Waals surface area (Å²) in [4.78, 5) is 6.76. The van der Waals surface area contributed by atoms with Gasteiger partial charge in [0.2, 0.25) is 0 Å². The third-order valence-electron chi connectivity index (χ3n) is 5.03. The highest BCUT2D eigenvalue weighted by Crippen LogP contribution is 2.28. The van der Waals surface area contributed by atoms with E-state index in [1.807, 2.05) is 7.05 Å². The van der Waals surface area contributed by atoms with Crippen molar-refractivity contribution in [2.75, 3.05) is 51.4 Å². The van der Waals surface area contributed by atoms with E-state index in [0.717, 1.165) is 75.6 Å². The Morgan fingerprint density at radius 3 is 2.96 bits per heavy atom. The fourth-order valence-corrected chi connectivity index (χ4v) is 4.10. The molecule has 0 saturated carbocycles. The zero-order valence-electron chi connectivity index (χ0n) is 16.5. The summed E-state index contributed by atoms with van der Waals surface area (Å²) in [6.07, 6.45) is 4.67. The van der Waals surface area contributed by atoms with Gasteiger partial charge in [0.05, 0.1) is 18.4 Å². The molecule has 2 fully saturated rings. The van der Waals surface area contributed by atoms with Gasteiger partial charge in [0, 0.05) is 50.4 Å². The number of halogens is 2. The van der Waals surface area contributed by atoms with E-state index in [-0.39, 0.29) is 24.0 Å². The van der Waals surface area contributed by atoms with Crippen LogP contribution in [-0.4, -0.2) is 64.6 Å². The third kappa shape index (κ3) is 7.35. The highest BCUT2D eigenvalue weighted by atomic mass is 127. The quantitative estimate of drug-likeness (QED) is 0.219. The lowest BCUT2D eigenvalue weighted by Crippen LogP contribution is -2.45. The zero-order chi connectivity index (χ0) is 18.9. The van der Waals surface area contributed by atoms with Gasteiger partial charge >= 0.3 is 0 Å². The summed E-state index contributed by atoms with van der Waals surface area (Å²) in [5, 5.41) is 6.93. The predicted molar refractivity (Wildman–Crippen MR) is 129 cm³/mol. The zero-order valence-corrected chi connectivity index (χ0v) is 20.4. The molecular formula is C20H32BrIN4O2. The largest absolute Gasteiger partial charge is 0.379 e. The molecule has 158 valence electrons. The molecule has 2 aliphatic rings. The van der Waals surface area contributed by atoms with E-state index in [0.29, 0.717) is 12.1 Å². The third-order valence-corrected chi connectivity index (χ3v) is 5.70. The first-order valence-electron chi connectivity index (χ1n) is 9.92. The summed E-state index contributed by atoms with van der Waals surface area (Å²) in [6.45, 7) is 5.24. The Balaban J connectivity index is 0.00000280. The lowest BCUT2D eigenvalue weighted by molar-refractivity contribution is 0.0168. The van der Waals surface area contributed by atoms with E-state index in [2.05, 4.69) is 60.7 Å². The highest BCUT2D eigenvalue weighted by Gasteiger charge is 2.24. The van der Waals surface area contributed by atoms with E-state index < -0.39 is 0 Å². The first-order valence-corrected chi connectivity index (χ1v) is 10.7. The van der Waals surface area contributed by atoms with Gasteiger partial charge in [-0.1, -0.05) is 12.1 Å². The average Bonchev–Trinajstić information content (AvgIpc) is 3.36. The summed E-state index contributed by atoms with van der Waals surface area (Å²) in [7, 11) is 1.82. The molecule has 2 unspecified atom stereocenters. The SMILES string of the molecule is CN=C(NCCCOCC1CCCO1)NC1CCN(c2ccccc2Br)C1.I. The van der Waals surface area contributed by atoms with Crippen LogP contribution in [-0.2, 0) is 9.47 Å². The Labute approximate surface area is 194 Å². The van der Waals surface area contributed by atoms with Crippen LogP contribution in [0.3, 0.4) is 0 Å². The number of anilines is 1. The number of nitrogens with one attached hydrogen (secondary N) is 2. The van der Waals surface area contributed by atoms with Crippen LogP contribution in [0.5, 0.6) is 0 Å². The fourth-order valence-electron chi connectivity index (χ4n) is 3.56. The van der Waals surface area contributed by atoms with Crippen LogP contribution in [0.2, 0.25) is 0 Å². The number of hydrogen-bond donors (Lipinski definition) is 2. The molecule has 1 aromatic carbocycles. The number of aliphatic imine (C=N–C) groups is 1. The van der Waals surface area contributed by atoms with Crippen LogP contribution in [0, 0.1) is 0 Å². The topological polar surface area (TPSA) is 58.1 Å². The highest BCUT2D eigenvalue weighted by molar-refractivity contribution is 14.0. The van der Waals surface area contributed by atoms with Gasteiger partial charge in [-0.2, -0.15) is 0 Å². The molecule has 1 aromatic rings. The monoisotopic (exact) mass is 566 g/mol. The summed E-state index contributed by atoms with van der Waals surface area (Å²) >= 11 is 3.65. The van der Waals surface area contributed by atoms with Crippen LogP contribution >= 0.6 is 39.9 Å². The van der Waals surface area contributed by atoms with Crippen molar-refractivity contribution in [2.24, 2.45) is 4.99 Å². The molecular weight excluding hydrogens is 535 g/mol. The van der Waals surface area contributed by atoms with Gasteiger partial charge in [0.1, 0.15) is 0 Å². The minimum atomic E-state index is 0. The fraction of sp³-hybridized carbons (Fsp3) is 0.650. The Bertz CT molecular complexity index is 614. The Kier molecular flexibility index (Phi) is 10.9. The van der Waals surface area contributed by atoms with Gasteiger partial charge in [-0.25, -0.2) is 0 Å². The van der Waals surface area contributed by atoms with Gasteiger partial charge in [0.25, 0.3) is 0 Å². The summed E-state index contributed by atoms with van der Waals surface area (Å²) in [5.74, 6) is 0.869. The number of hydrogen-bond acceptors (Lipinski definition) is 4. The van der Waals surface area contributed by atoms with E-state index in [1.54, 1.807) is 0 Å². The van der Waals surface area contributed by atoms with Gasteiger partial charge in [-0.05, 0) is 53.7 Å². The molecule has 8 heteroatoms. The van der Waals surface area contributed by atoms with Gasteiger partial charge in [0.15, 0.2) is 5.96 Å². The van der Waals surface area contributed by atoms with Crippen LogP contribution in [0.25, 0.3) is 0 Å². The average molecular weight is 567 g/mol. The second-order valence-electron chi connectivity index (χ2n) is 7.09. The van der Waals surface area contributed by atoms with Crippen molar-refractivity contribution in [1.29, 1.82) is 0 Å². The first kappa shape index (κ1) is 23.7. The summed E-state index contributed by atoms with van der Waals surface area (Å²) < 4.78 is 12.4. The van der Waals surface area contributed by atoms with Crippen molar-refractivity contribution < 1.29 is 9.47 Å². The minimum Gasteiger partial charge on any atom is -0.379 e. The number of benzene rings is 1. The van der Waals surface area contributed by atoms with E-state index in [4.69, 9.17) is 9.47 Å². The standard InChI is InChI=1S/C20H31BrN4O2.HI/c1-22-20(23-10-5-12-26-15-17-6-4-13-27-17)24-16-9-11-25(14-16)19-8-3-2-7-18(19)21;/h2-3,7-8,16-17H,4-6,9-15H2,1H3,(H2,22,23,24);1H. The van der Waals surface area contributed by atoms with Gasteiger partial charge < -0.3 is 25.0 Å². The second-order valence-corrected chi connectivity index (χ2v) is 7.94. The number of ether oxygens (including phenoxy) is 2. The maximum Gasteiger partial charge on any atom is 0.191 e. The van der Waals surface area contributed by atoms with Crippen LogP contribution in [0.4, 0.5) is 5.69 Å². The Morgan fingerprint density at radius 2 is 2.21 bits per heavy atom. The number of para-hydroxylation sites is 1. The smallest absolute Gasteiger partial charge is 0.191 e. The van der Waals surface area contributed by atoms with Crippen molar-refractivity contribution in [2.45, 2.75) is 37.8 Å². The summed E-state index contributed by atoms with van der Waals surface area (Å²) in [6, 6.07) is 8.80. The normalized spacial score (nSPS) is 22.2. The Hall–Kier alpha value is -0.580. The van der Waals surface area contributed by atoms with Crippen LogP contribution < -0.4 is 15.5 Å². The minimum absolute atomic E-state index is 0. The molecule has 6 nitrogen and oxygen atoms in total. The number of rotatable bonds is 8.